The van der Waals surface area contributed by atoms with E-state index in [-0.39, 0.29) is 23.7 Å². The Morgan fingerprint density at radius 2 is 1.91 bits per heavy atom. The van der Waals surface area contributed by atoms with E-state index >= 15 is 0 Å². The number of para-hydroxylation sites is 1. The van der Waals surface area contributed by atoms with E-state index < -0.39 is 0 Å². The Morgan fingerprint density at radius 3 is 2.48 bits per heavy atom. The maximum absolute atomic E-state index is 12.9. The highest BCUT2D eigenvalue weighted by Crippen LogP contribution is 2.29. The van der Waals surface area contributed by atoms with Crippen LogP contribution >= 0.6 is 12.4 Å². The van der Waals surface area contributed by atoms with Crippen molar-refractivity contribution >= 4 is 24.0 Å². The molecule has 2 saturated heterocycles. The summed E-state index contributed by atoms with van der Waals surface area (Å²) in [6, 6.07) is 10.4. The largest absolute Gasteiger partial charge is 0.384 e. The number of ether oxygens (including phenoxy) is 1. The van der Waals surface area contributed by atoms with Crippen LogP contribution in [0.1, 0.15) is 6.42 Å². The van der Waals surface area contributed by atoms with E-state index in [4.69, 9.17) is 4.74 Å². The van der Waals surface area contributed by atoms with Gasteiger partial charge in [-0.1, -0.05) is 18.2 Å². The summed E-state index contributed by atoms with van der Waals surface area (Å²) < 4.78 is 5.33. The fourth-order valence-corrected chi connectivity index (χ4v) is 3.53. The lowest BCUT2D eigenvalue weighted by Gasteiger charge is -2.40. The molecule has 5 nitrogen and oxygen atoms in total. The standard InChI is InChI=1S/C17H25N3O2.ClH/c1-22-14-17(7-8-18-13-17)16(21)20-11-9-19(10-12-20)15-5-3-2-4-6-15;/h2-6,18H,7-14H2,1H3;1H. The summed E-state index contributed by atoms with van der Waals surface area (Å²) in [5, 5.41) is 3.31. The van der Waals surface area contributed by atoms with Crippen molar-refractivity contribution in [2.75, 3.05) is 57.9 Å². The average molecular weight is 340 g/mol. The second-order valence-electron chi connectivity index (χ2n) is 6.25. The van der Waals surface area contributed by atoms with Gasteiger partial charge in [0.25, 0.3) is 0 Å². The molecule has 1 aromatic rings. The summed E-state index contributed by atoms with van der Waals surface area (Å²) in [5.41, 5.74) is 0.882. The summed E-state index contributed by atoms with van der Waals surface area (Å²) in [5.74, 6) is 0.257. The molecular formula is C17H26ClN3O2. The number of halogens is 1. The topological polar surface area (TPSA) is 44.8 Å². The third kappa shape index (κ3) is 3.79. The SMILES string of the molecule is COCC1(C(=O)N2CCN(c3ccccc3)CC2)CCNC1.Cl. The number of benzene rings is 1. The number of methoxy groups -OCH3 is 1. The molecule has 128 valence electrons. The van der Waals surface area contributed by atoms with E-state index in [0.717, 1.165) is 45.7 Å². The minimum Gasteiger partial charge on any atom is -0.384 e. The van der Waals surface area contributed by atoms with Crippen LogP contribution in [0.15, 0.2) is 30.3 Å². The fourth-order valence-electron chi connectivity index (χ4n) is 3.53. The predicted molar refractivity (Wildman–Crippen MR) is 94.3 cm³/mol. The van der Waals surface area contributed by atoms with Crippen LogP contribution in [0.4, 0.5) is 5.69 Å². The van der Waals surface area contributed by atoms with Crippen LogP contribution in [0.5, 0.6) is 0 Å². The molecule has 1 aromatic carbocycles. The maximum Gasteiger partial charge on any atom is 0.232 e. The van der Waals surface area contributed by atoms with Gasteiger partial charge in [0.15, 0.2) is 0 Å². The number of amides is 1. The van der Waals surface area contributed by atoms with Crippen LogP contribution in [-0.4, -0.2) is 63.8 Å². The lowest BCUT2D eigenvalue weighted by atomic mass is 9.86. The van der Waals surface area contributed by atoms with Gasteiger partial charge in [0.05, 0.1) is 12.0 Å². The molecule has 0 radical (unpaired) electrons. The molecule has 2 aliphatic heterocycles. The third-order valence-corrected chi connectivity index (χ3v) is 4.81. The zero-order chi connectivity index (χ0) is 15.4. The molecule has 1 unspecified atom stereocenters. The van der Waals surface area contributed by atoms with E-state index in [9.17, 15) is 4.79 Å². The van der Waals surface area contributed by atoms with Gasteiger partial charge < -0.3 is 19.9 Å². The molecule has 0 aromatic heterocycles. The van der Waals surface area contributed by atoms with E-state index in [1.807, 2.05) is 11.0 Å². The maximum atomic E-state index is 12.9. The van der Waals surface area contributed by atoms with E-state index in [1.165, 1.54) is 5.69 Å². The van der Waals surface area contributed by atoms with Crippen LogP contribution in [0.2, 0.25) is 0 Å². The van der Waals surface area contributed by atoms with Crippen LogP contribution in [0.25, 0.3) is 0 Å². The van der Waals surface area contributed by atoms with E-state index in [2.05, 4.69) is 34.5 Å². The van der Waals surface area contributed by atoms with Gasteiger partial charge in [0.2, 0.25) is 5.91 Å². The van der Waals surface area contributed by atoms with Gasteiger partial charge >= 0.3 is 0 Å². The zero-order valence-electron chi connectivity index (χ0n) is 13.7. The number of piperazine rings is 1. The first kappa shape index (κ1) is 18.0. The number of nitrogens with one attached hydrogen (secondary N) is 1. The fraction of sp³-hybridized carbons (Fsp3) is 0.588. The van der Waals surface area contributed by atoms with E-state index in [1.54, 1.807) is 7.11 Å². The Hall–Kier alpha value is -1.30. The number of hydrogen-bond acceptors (Lipinski definition) is 4. The summed E-state index contributed by atoms with van der Waals surface area (Å²) in [7, 11) is 1.68. The molecule has 1 atom stereocenters. The molecule has 0 bridgehead atoms. The van der Waals surface area contributed by atoms with Gasteiger partial charge in [-0.2, -0.15) is 0 Å². The summed E-state index contributed by atoms with van der Waals surface area (Å²) in [4.78, 5) is 17.3. The summed E-state index contributed by atoms with van der Waals surface area (Å²) in [6.07, 6.45) is 0.874. The van der Waals surface area contributed by atoms with Crippen molar-refractivity contribution in [1.82, 2.24) is 10.2 Å². The van der Waals surface area contributed by atoms with Crippen molar-refractivity contribution in [1.29, 1.82) is 0 Å². The van der Waals surface area contributed by atoms with Gasteiger partial charge in [-0.15, -0.1) is 12.4 Å². The van der Waals surface area contributed by atoms with Crippen molar-refractivity contribution in [3.63, 3.8) is 0 Å². The monoisotopic (exact) mass is 339 g/mol. The molecular weight excluding hydrogens is 314 g/mol. The molecule has 2 heterocycles. The zero-order valence-corrected chi connectivity index (χ0v) is 14.5. The number of nitrogens with zero attached hydrogens (tertiary/aromatic N) is 2. The number of anilines is 1. The van der Waals surface area contributed by atoms with Crippen molar-refractivity contribution in [2.24, 2.45) is 5.41 Å². The van der Waals surface area contributed by atoms with Crippen LogP contribution in [0.3, 0.4) is 0 Å². The highest BCUT2D eigenvalue weighted by molar-refractivity contribution is 5.85. The van der Waals surface area contributed by atoms with Gasteiger partial charge in [-0.05, 0) is 25.1 Å². The minimum atomic E-state index is -0.357. The Kier molecular flexibility index (Phi) is 6.27. The number of carbonyl (C=O) groups excluding carboxylic acids is 1. The van der Waals surface area contributed by atoms with Gasteiger partial charge in [0, 0.05) is 45.5 Å². The summed E-state index contributed by atoms with van der Waals surface area (Å²) in [6.45, 7) is 5.52. The van der Waals surface area contributed by atoms with Crippen LogP contribution in [0, 0.1) is 5.41 Å². The Balaban J connectivity index is 0.00000192. The Morgan fingerprint density at radius 1 is 1.22 bits per heavy atom. The highest BCUT2D eigenvalue weighted by Gasteiger charge is 2.44. The normalized spacial score (nSPS) is 24.4. The molecule has 1 N–H and O–H groups in total. The molecule has 0 spiro atoms. The summed E-state index contributed by atoms with van der Waals surface area (Å²) >= 11 is 0. The molecule has 2 fully saturated rings. The molecule has 3 rings (SSSR count). The smallest absolute Gasteiger partial charge is 0.232 e. The Bertz CT molecular complexity index is 498. The second-order valence-corrected chi connectivity index (χ2v) is 6.25. The van der Waals surface area contributed by atoms with Crippen molar-refractivity contribution in [3.8, 4) is 0 Å². The first-order chi connectivity index (χ1) is 10.7. The molecule has 23 heavy (non-hydrogen) atoms. The van der Waals surface area contributed by atoms with Crippen molar-refractivity contribution in [2.45, 2.75) is 6.42 Å². The second kappa shape index (κ2) is 7.99. The van der Waals surface area contributed by atoms with Gasteiger partial charge in [-0.3, -0.25) is 4.79 Å². The van der Waals surface area contributed by atoms with E-state index in [0.29, 0.717) is 6.61 Å². The van der Waals surface area contributed by atoms with Gasteiger partial charge in [-0.25, -0.2) is 0 Å². The average Bonchev–Trinajstić information content (AvgIpc) is 3.05. The van der Waals surface area contributed by atoms with Crippen LogP contribution in [-0.2, 0) is 9.53 Å². The predicted octanol–water partition coefficient (Wildman–Crippen LogP) is 1.38. The lowest BCUT2D eigenvalue weighted by Crippen LogP contribution is -2.55. The van der Waals surface area contributed by atoms with Crippen molar-refractivity contribution in [3.05, 3.63) is 30.3 Å². The Labute approximate surface area is 144 Å². The quantitative estimate of drug-likeness (QED) is 0.900. The first-order valence-corrected chi connectivity index (χ1v) is 8.04. The minimum absolute atomic E-state index is 0. The first-order valence-electron chi connectivity index (χ1n) is 8.04. The molecule has 0 saturated carbocycles. The number of carbonyl (C=O) groups is 1. The molecule has 6 heteroatoms. The molecule has 1 amide bonds. The lowest BCUT2D eigenvalue weighted by molar-refractivity contribution is -0.144. The molecule has 0 aliphatic carbocycles. The number of hydrogen-bond donors (Lipinski definition) is 1. The van der Waals surface area contributed by atoms with Gasteiger partial charge in [0.1, 0.15) is 0 Å². The number of rotatable bonds is 4. The third-order valence-electron chi connectivity index (χ3n) is 4.81. The van der Waals surface area contributed by atoms with Crippen LogP contribution < -0.4 is 10.2 Å². The highest BCUT2D eigenvalue weighted by atomic mass is 35.5. The van der Waals surface area contributed by atoms with Crippen molar-refractivity contribution < 1.29 is 9.53 Å². The molecule has 2 aliphatic rings.